The van der Waals surface area contributed by atoms with Crippen molar-refractivity contribution < 1.29 is 37.6 Å². The molecule has 0 aliphatic carbocycles. The normalized spacial score (nSPS) is 13.4. The number of rotatable bonds is 50. The zero-order chi connectivity index (χ0) is 46.2. The number of hydrogen-bond donors (Lipinski definition) is 1. The van der Waals surface area contributed by atoms with Crippen LogP contribution in [0.25, 0.3) is 0 Å². The van der Waals surface area contributed by atoms with Crippen LogP contribution in [0.1, 0.15) is 258 Å². The molecule has 0 saturated heterocycles. The molecule has 372 valence electrons. The van der Waals surface area contributed by atoms with Gasteiger partial charge in [0.25, 0.3) is 0 Å². The zero-order valence-electron chi connectivity index (χ0n) is 41.8. The number of carbonyl (C=O) groups excluding carboxylic acids is 2. The van der Waals surface area contributed by atoms with Gasteiger partial charge in [0.05, 0.1) is 13.2 Å². The Labute approximate surface area is 389 Å². The van der Waals surface area contributed by atoms with Gasteiger partial charge in [-0.25, -0.2) is 4.57 Å². The second-order valence-corrected chi connectivity index (χ2v) is 19.9. The van der Waals surface area contributed by atoms with E-state index in [4.69, 9.17) is 18.5 Å². The Kier molecular flexibility index (Phi) is 47.3. The summed E-state index contributed by atoms with van der Waals surface area (Å²) in [6, 6.07) is 0. The van der Waals surface area contributed by atoms with Crippen molar-refractivity contribution in [1.29, 1.82) is 0 Å². The molecule has 0 amide bonds. The average Bonchev–Trinajstić information content (AvgIpc) is 3.25. The van der Waals surface area contributed by atoms with Gasteiger partial charge in [0.1, 0.15) is 6.61 Å². The summed E-state index contributed by atoms with van der Waals surface area (Å²) < 4.78 is 33.7. The van der Waals surface area contributed by atoms with Gasteiger partial charge in [-0.15, -0.1) is 0 Å². The number of phosphoric ester groups is 1. The van der Waals surface area contributed by atoms with Crippen LogP contribution in [0.15, 0.2) is 24.3 Å². The van der Waals surface area contributed by atoms with Crippen molar-refractivity contribution in [2.75, 3.05) is 40.5 Å². The van der Waals surface area contributed by atoms with Crippen LogP contribution in [0.5, 0.6) is 0 Å². The van der Waals surface area contributed by atoms with Crippen LogP contribution in [0, 0.1) is 0 Å². The number of allylic oxidation sites excluding steroid dienone is 4. The molecule has 0 aliphatic rings. The minimum absolute atomic E-state index is 0.00888. The third kappa shape index (κ3) is 49.8. The lowest BCUT2D eigenvalue weighted by atomic mass is 10.0. The fraction of sp³-hybridized carbons (Fsp3) is 0.887. The summed E-state index contributed by atoms with van der Waals surface area (Å²) in [6.45, 7) is 4.36. The molecule has 0 saturated carbocycles. The van der Waals surface area contributed by atoms with Crippen LogP contribution >= 0.6 is 7.82 Å². The molecular formula is C53H102NO8P. The van der Waals surface area contributed by atoms with Crippen LogP contribution in [-0.2, 0) is 32.7 Å². The lowest BCUT2D eigenvalue weighted by molar-refractivity contribution is -0.161. The van der Waals surface area contributed by atoms with Crippen molar-refractivity contribution in [2.24, 2.45) is 0 Å². The first-order valence-corrected chi connectivity index (χ1v) is 28.1. The highest BCUT2D eigenvalue weighted by Crippen LogP contribution is 2.43. The molecule has 0 aromatic heterocycles. The predicted octanol–water partition coefficient (Wildman–Crippen LogP) is 16.1. The smallest absolute Gasteiger partial charge is 0.462 e. The minimum Gasteiger partial charge on any atom is -0.462 e. The van der Waals surface area contributed by atoms with Gasteiger partial charge in [-0.3, -0.25) is 18.6 Å². The Balaban J connectivity index is 4.14. The third-order valence-corrected chi connectivity index (χ3v) is 12.7. The molecule has 0 aliphatic heterocycles. The van der Waals surface area contributed by atoms with Crippen molar-refractivity contribution in [3.05, 3.63) is 24.3 Å². The lowest BCUT2D eigenvalue weighted by Gasteiger charge is -2.20. The van der Waals surface area contributed by atoms with Gasteiger partial charge in [0.15, 0.2) is 6.10 Å². The molecule has 1 N–H and O–H groups in total. The summed E-state index contributed by atoms with van der Waals surface area (Å²) >= 11 is 0. The molecule has 0 fully saturated rings. The maximum absolute atomic E-state index is 12.7. The van der Waals surface area contributed by atoms with Gasteiger partial charge in [-0.1, -0.05) is 205 Å². The Hall–Kier alpha value is -1.51. The van der Waals surface area contributed by atoms with Gasteiger partial charge in [0.2, 0.25) is 0 Å². The van der Waals surface area contributed by atoms with Crippen LogP contribution < -0.4 is 0 Å². The quantitative estimate of drug-likeness (QED) is 0.0276. The molecular weight excluding hydrogens is 810 g/mol. The highest BCUT2D eigenvalue weighted by atomic mass is 31.2. The molecule has 0 rings (SSSR count). The number of phosphoric acid groups is 1. The van der Waals surface area contributed by atoms with E-state index in [9.17, 15) is 19.0 Å². The first-order valence-electron chi connectivity index (χ1n) is 26.6. The predicted molar refractivity (Wildman–Crippen MR) is 266 cm³/mol. The Morgan fingerprint density at radius 2 is 0.810 bits per heavy atom. The van der Waals surface area contributed by atoms with Gasteiger partial charge < -0.3 is 19.3 Å². The maximum Gasteiger partial charge on any atom is 0.472 e. The summed E-state index contributed by atoms with van der Waals surface area (Å²) in [5, 5.41) is 0. The van der Waals surface area contributed by atoms with E-state index in [0.717, 1.165) is 32.1 Å². The molecule has 0 aromatic rings. The first kappa shape index (κ1) is 61.5. The van der Waals surface area contributed by atoms with E-state index in [0.29, 0.717) is 13.0 Å². The highest BCUT2D eigenvalue weighted by Gasteiger charge is 2.26. The second-order valence-electron chi connectivity index (χ2n) is 18.4. The highest BCUT2D eigenvalue weighted by molar-refractivity contribution is 7.47. The van der Waals surface area contributed by atoms with E-state index in [1.165, 1.54) is 193 Å². The van der Waals surface area contributed by atoms with Gasteiger partial charge >= 0.3 is 19.8 Å². The Morgan fingerprint density at radius 3 is 1.17 bits per heavy atom. The summed E-state index contributed by atoms with van der Waals surface area (Å²) in [5.74, 6) is -0.793. The van der Waals surface area contributed by atoms with Crippen LogP contribution in [-0.4, -0.2) is 68.3 Å². The van der Waals surface area contributed by atoms with Crippen molar-refractivity contribution in [2.45, 2.75) is 264 Å². The van der Waals surface area contributed by atoms with Gasteiger partial charge in [0, 0.05) is 19.4 Å². The molecule has 0 aromatic carbocycles. The van der Waals surface area contributed by atoms with Gasteiger partial charge in [-0.2, -0.15) is 0 Å². The summed E-state index contributed by atoms with van der Waals surface area (Å²) in [6.07, 6.45) is 53.7. The van der Waals surface area contributed by atoms with E-state index in [1.807, 2.05) is 19.0 Å². The first-order chi connectivity index (χ1) is 30.7. The molecule has 9 nitrogen and oxygen atoms in total. The van der Waals surface area contributed by atoms with Crippen molar-refractivity contribution >= 4 is 19.8 Å². The number of carbonyl (C=O) groups is 2. The molecule has 10 heteroatoms. The molecule has 2 unspecified atom stereocenters. The molecule has 0 heterocycles. The minimum atomic E-state index is -4.37. The standard InChI is InChI=1S/C53H102NO8P/c1-5-7-9-11-13-15-17-19-21-23-25-26-28-30-32-34-36-38-40-42-44-46-53(56)62-51(50-61-63(57,58)60-48-47-54(3)4)49-59-52(55)45-43-41-39-37-35-33-31-29-27-24-22-20-18-16-14-12-10-8-6-2/h19-22,51H,5-18,23-50H2,1-4H3,(H,57,58)/b21-19-,22-20-. The Morgan fingerprint density at radius 1 is 0.476 bits per heavy atom. The maximum atomic E-state index is 12.7. The molecule has 2 atom stereocenters. The second kappa shape index (κ2) is 48.4. The van der Waals surface area contributed by atoms with Crippen molar-refractivity contribution in [3.63, 3.8) is 0 Å². The van der Waals surface area contributed by atoms with Crippen molar-refractivity contribution in [3.8, 4) is 0 Å². The van der Waals surface area contributed by atoms with Crippen LogP contribution in [0.3, 0.4) is 0 Å². The average molecular weight is 912 g/mol. The fourth-order valence-corrected chi connectivity index (χ4v) is 8.36. The summed E-state index contributed by atoms with van der Waals surface area (Å²) in [7, 11) is -0.706. The number of nitrogens with zero attached hydrogens (tertiary/aromatic N) is 1. The van der Waals surface area contributed by atoms with E-state index < -0.39 is 26.5 Å². The summed E-state index contributed by atoms with van der Waals surface area (Å²) in [5.41, 5.74) is 0. The number of ether oxygens (including phenoxy) is 2. The number of likely N-dealkylation sites (N-methyl/N-ethyl adjacent to an activating group) is 1. The zero-order valence-corrected chi connectivity index (χ0v) is 42.7. The Bertz CT molecular complexity index is 1100. The fourth-order valence-electron chi connectivity index (χ4n) is 7.62. The topological polar surface area (TPSA) is 112 Å². The van der Waals surface area contributed by atoms with E-state index in [-0.39, 0.29) is 32.0 Å². The molecule has 0 spiro atoms. The molecule has 0 radical (unpaired) electrons. The lowest BCUT2D eigenvalue weighted by Crippen LogP contribution is -2.29. The summed E-state index contributed by atoms with van der Waals surface area (Å²) in [4.78, 5) is 37.3. The SMILES string of the molecule is CCCCCCCC/C=C\CCCCCCCCCCCCCC(=O)OC(COC(=O)CCCCCCCCCCC/C=C\CCCCCCCC)COP(=O)(O)OCCN(C)C. The van der Waals surface area contributed by atoms with Gasteiger partial charge in [-0.05, 0) is 78.3 Å². The van der Waals surface area contributed by atoms with Crippen LogP contribution in [0.4, 0.5) is 0 Å². The van der Waals surface area contributed by atoms with E-state index in [2.05, 4.69) is 38.2 Å². The van der Waals surface area contributed by atoms with Crippen LogP contribution in [0.2, 0.25) is 0 Å². The molecule has 63 heavy (non-hydrogen) atoms. The van der Waals surface area contributed by atoms with E-state index in [1.54, 1.807) is 0 Å². The monoisotopic (exact) mass is 912 g/mol. The molecule has 0 bridgehead atoms. The number of esters is 2. The third-order valence-electron chi connectivity index (χ3n) is 11.7. The largest absolute Gasteiger partial charge is 0.472 e. The number of hydrogen-bond acceptors (Lipinski definition) is 8. The number of unbranched alkanes of at least 4 members (excludes halogenated alkanes) is 32. The van der Waals surface area contributed by atoms with E-state index >= 15 is 0 Å². The van der Waals surface area contributed by atoms with Crippen molar-refractivity contribution in [1.82, 2.24) is 4.90 Å².